The smallest absolute Gasteiger partial charge is 0.220 e. The van der Waals surface area contributed by atoms with Crippen LogP contribution in [0.25, 0.3) is 0 Å². The van der Waals surface area contributed by atoms with Crippen LogP contribution in [0.15, 0.2) is 24.3 Å². The highest BCUT2D eigenvalue weighted by Crippen LogP contribution is 2.18. The summed E-state index contributed by atoms with van der Waals surface area (Å²) in [5, 5.41) is 3.11. The normalized spacial score (nSPS) is 16.8. The standard InChI is InChI=1S/C19H30N2O3/c1-15(2)17(21-10-12-24-13-11-21)14-20-19(22)9-8-16-6-4-5-7-18(16)23-3/h4-7,15,17H,8-14H2,1-3H3,(H,20,22). The first-order chi connectivity index (χ1) is 11.6. The summed E-state index contributed by atoms with van der Waals surface area (Å²) in [7, 11) is 1.66. The molecule has 0 aliphatic carbocycles. The topological polar surface area (TPSA) is 50.8 Å². The van der Waals surface area contributed by atoms with Crippen LogP contribution >= 0.6 is 0 Å². The number of nitrogens with one attached hydrogen (secondary N) is 1. The molecule has 5 heteroatoms. The van der Waals surface area contributed by atoms with E-state index in [4.69, 9.17) is 9.47 Å². The minimum absolute atomic E-state index is 0.0971. The Bertz CT molecular complexity index is 513. The number of ether oxygens (including phenoxy) is 2. The van der Waals surface area contributed by atoms with E-state index in [0.29, 0.717) is 31.3 Å². The van der Waals surface area contributed by atoms with Crippen molar-refractivity contribution < 1.29 is 14.3 Å². The van der Waals surface area contributed by atoms with Crippen molar-refractivity contribution in [2.75, 3.05) is 40.0 Å². The SMILES string of the molecule is COc1ccccc1CCC(=O)NCC(C(C)C)N1CCOCC1. The van der Waals surface area contributed by atoms with Gasteiger partial charge in [-0.05, 0) is 24.0 Å². The quantitative estimate of drug-likeness (QED) is 0.791. The summed E-state index contributed by atoms with van der Waals surface area (Å²) in [5.74, 6) is 1.44. The van der Waals surface area contributed by atoms with Gasteiger partial charge in [-0.2, -0.15) is 0 Å². The Labute approximate surface area is 145 Å². The van der Waals surface area contributed by atoms with Crippen molar-refractivity contribution in [2.45, 2.75) is 32.7 Å². The third-order valence-electron chi connectivity index (χ3n) is 4.61. The third-order valence-corrected chi connectivity index (χ3v) is 4.61. The predicted octanol–water partition coefficient (Wildman–Crippen LogP) is 2.10. The molecule has 1 fully saturated rings. The van der Waals surface area contributed by atoms with E-state index in [1.807, 2.05) is 24.3 Å². The lowest BCUT2D eigenvalue weighted by Crippen LogP contribution is -2.51. The maximum absolute atomic E-state index is 12.2. The molecule has 0 saturated carbocycles. The maximum Gasteiger partial charge on any atom is 0.220 e. The molecule has 0 spiro atoms. The predicted molar refractivity (Wildman–Crippen MR) is 95.3 cm³/mol. The molecule has 1 aliphatic rings. The number of benzene rings is 1. The van der Waals surface area contributed by atoms with Crippen molar-refractivity contribution >= 4 is 5.91 Å². The summed E-state index contributed by atoms with van der Waals surface area (Å²) < 4.78 is 10.8. The van der Waals surface area contributed by atoms with Crippen molar-refractivity contribution in [3.05, 3.63) is 29.8 Å². The Morgan fingerprint density at radius 1 is 1.29 bits per heavy atom. The summed E-state index contributed by atoms with van der Waals surface area (Å²) in [4.78, 5) is 14.7. The van der Waals surface area contributed by atoms with Gasteiger partial charge in [-0.25, -0.2) is 0 Å². The minimum atomic E-state index is 0.0971. The molecule has 24 heavy (non-hydrogen) atoms. The summed E-state index contributed by atoms with van der Waals surface area (Å²) in [5.41, 5.74) is 1.07. The van der Waals surface area contributed by atoms with Crippen LogP contribution in [0.4, 0.5) is 0 Å². The monoisotopic (exact) mass is 334 g/mol. The molecular weight excluding hydrogens is 304 g/mol. The average Bonchev–Trinajstić information content (AvgIpc) is 2.61. The van der Waals surface area contributed by atoms with Gasteiger partial charge in [-0.15, -0.1) is 0 Å². The van der Waals surface area contributed by atoms with E-state index >= 15 is 0 Å². The van der Waals surface area contributed by atoms with E-state index in [9.17, 15) is 4.79 Å². The molecule has 1 unspecified atom stereocenters. The fourth-order valence-electron chi connectivity index (χ4n) is 3.16. The first kappa shape index (κ1) is 18.7. The lowest BCUT2D eigenvalue weighted by atomic mass is 10.0. The van der Waals surface area contributed by atoms with E-state index in [1.165, 1.54) is 0 Å². The highest BCUT2D eigenvalue weighted by atomic mass is 16.5. The van der Waals surface area contributed by atoms with Crippen molar-refractivity contribution in [3.8, 4) is 5.75 Å². The molecule has 5 nitrogen and oxygen atoms in total. The van der Waals surface area contributed by atoms with Crippen molar-refractivity contribution in [1.29, 1.82) is 0 Å². The molecule has 1 amide bonds. The van der Waals surface area contributed by atoms with Gasteiger partial charge < -0.3 is 14.8 Å². The van der Waals surface area contributed by atoms with E-state index in [0.717, 1.165) is 37.6 Å². The number of nitrogens with zero attached hydrogens (tertiary/aromatic N) is 1. The molecule has 1 aromatic rings. The van der Waals surface area contributed by atoms with Gasteiger partial charge in [0.15, 0.2) is 0 Å². The molecule has 1 heterocycles. The number of carbonyl (C=O) groups is 1. The van der Waals surface area contributed by atoms with E-state index < -0.39 is 0 Å². The Kier molecular flexibility index (Phi) is 7.53. The zero-order chi connectivity index (χ0) is 17.4. The van der Waals surface area contributed by atoms with Gasteiger partial charge in [-0.1, -0.05) is 32.0 Å². The fraction of sp³-hybridized carbons (Fsp3) is 0.632. The Balaban J connectivity index is 1.80. The summed E-state index contributed by atoms with van der Waals surface area (Å²) in [6.45, 7) is 8.57. The third kappa shape index (κ3) is 5.49. The zero-order valence-electron chi connectivity index (χ0n) is 15.1. The van der Waals surface area contributed by atoms with Crippen LogP contribution in [0, 0.1) is 5.92 Å². The molecule has 1 N–H and O–H groups in total. The second kappa shape index (κ2) is 9.64. The number of hydrogen-bond donors (Lipinski definition) is 1. The van der Waals surface area contributed by atoms with Crippen molar-refractivity contribution in [2.24, 2.45) is 5.92 Å². The van der Waals surface area contributed by atoms with Crippen LogP contribution in [0.1, 0.15) is 25.8 Å². The van der Waals surface area contributed by atoms with Gasteiger partial charge in [0, 0.05) is 32.1 Å². The van der Waals surface area contributed by atoms with Gasteiger partial charge in [0.05, 0.1) is 20.3 Å². The van der Waals surface area contributed by atoms with Crippen molar-refractivity contribution in [3.63, 3.8) is 0 Å². The molecule has 1 aliphatic heterocycles. The van der Waals surface area contributed by atoms with E-state index in [2.05, 4.69) is 24.1 Å². The number of morpholine rings is 1. The molecule has 1 atom stereocenters. The lowest BCUT2D eigenvalue weighted by molar-refractivity contribution is -0.121. The van der Waals surface area contributed by atoms with Crippen LogP contribution in [-0.4, -0.2) is 56.8 Å². The Morgan fingerprint density at radius 3 is 2.67 bits per heavy atom. The number of rotatable bonds is 8. The van der Waals surface area contributed by atoms with Crippen LogP contribution in [0.5, 0.6) is 5.75 Å². The summed E-state index contributed by atoms with van der Waals surface area (Å²) in [6.07, 6.45) is 1.17. The number of aryl methyl sites for hydroxylation is 1. The highest BCUT2D eigenvalue weighted by molar-refractivity contribution is 5.76. The van der Waals surface area contributed by atoms with E-state index in [1.54, 1.807) is 7.11 Å². The molecule has 0 aromatic heterocycles. The second-order valence-corrected chi connectivity index (χ2v) is 6.58. The van der Waals surface area contributed by atoms with Gasteiger partial charge in [0.25, 0.3) is 0 Å². The largest absolute Gasteiger partial charge is 0.496 e. The molecule has 2 rings (SSSR count). The Morgan fingerprint density at radius 2 is 2.00 bits per heavy atom. The minimum Gasteiger partial charge on any atom is -0.496 e. The second-order valence-electron chi connectivity index (χ2n) is 6.58. The number of methoxy groups -OCH3 is 1. The molecule has 134 valence electrons. The van der Waals surface area contributed by atoms with Crippen molar-refractivity contribution in [1.82, 2.24) is 10.2 Å². The van der Waals surface area contributed by atoms with Gasteiger partial charge >= 0.3 is 0 Å². The first-order valence-electron chi connectivity index (χ1n) is 8.82. The fourth-order valence-corrected chi connectivity index (χ4v) is 3.16. The van der Waals surface area contributed by atoms with Crippen LogP contribution in [0.3, 0.4) is 0 Å². The lowest BCUT2D eigenvalue weighted by Gasteiger charge is -2.36. The van der Waals surface area contributed by atoms with Crippen LogP contribution in [-0.2, 0) is 16.0 Å². The Hall–Kier alpha value is -1.59. The molecule has 1 saturated heterocycles. The van der Waals surface area contributed by atoms with Crippen LogP contribution in [0.2, 0.25) is 0 Å². The molecule has 1 aromatic carbocycles. The maximum atomic E-state index is 12.2. The number of carbonyl (C=O) groups excluding carboxylic acids is 1. The van der Waals surface area contributed by atoms with E-state index in [-0.39, 0.29) is 5.91 Å². The number of hydrogen-bond acceptors (Lipinski definition) is 4. The molecular formula is C19H30N2O3. The average molecular weight is 334 g/mol. The highest BCUT2D eigenvalue weighted by Gasteiger charge is 2.24. The summed E-state index contributed by atoms with van der Waals surface area (Å²) >= 11 is 0. The number of para-hydroxylation sites is 1. The van der Waals surface area contributed by atoms with Gasteiger partial charge in [0.1, 0.15) is 5.75 Å². The number of amides is 1. The van der Waals surface area contributed by atoms with Gasteiger partial charge in [-0.3, -0.25) is 9.69 Å². The first-order valence-corrected chi connectivity index (χ1v) is 8.82. The molecule has 0 radical (unpaired) electrons. The zero-order valence-corrected chi connectivity index (χ0v) is 15.1. The van der Waals surface area contributed by atoms with Gasteiger partial charge in [0.2, 0.25) is 5.91 Å². The summed E-state index contributed by atoms with van der Waals surface area (Å²) in [6, 6.07) is 8.22. The molecule has 0 bridgehead atoms. The van der Waals surface area contributed by atoms with Crippen LogP contribution < -0.4 is 10.1 Å².